The Morgan fingerprint density at radius 2 is 1.85 bits per heavy atom. The van der Waals surface area contributed by atoms with Crippen molar-refractivity contribution in [2.75, 3.05) is 6.54 Å². The normalized spacial score (nSPS) is 13.6. The predicted molar refractivity (Wildman–Crippen MR) is 114 cm³/mol. The minimum Gasteiger partial charge on any atom is -0.461 e. The van der Waals surface area contributed by atoms with Gasteiger partial charge in [0.15, 0.2) is 0 Å². The van der Waals surface area contributed by atoms with Gasteiger partial charge in [-0.05, 0) is 69.0 Å². The van der Waals surface area contributed by atoms with E-state index in [1.54, 1.807) is 0 Å². The average molecular weight is 382 g/mol. The van der Waals surface area contributed by atoms with Crippen LogP contribution in [0.1, 0.15) is 42.8 Å². The van der Waals surface area contributed by atoms with Gasteiger partial charge in [0.2, 0.25) is 0 Å². The summed E-state index contributed by atoms with van der Waals surface area (Å²) in [6.45, 7) is 4.79. The molecule has 0 aliphatic rings. The second-order valence-corrected chi connectivity index (χ2v) is 7.55. The fourth-order valence-electron chi connectivity index (χ4n) is 3.31. The topological polar surface area (TPSA) is 45.4 Å². The highest BCUT2D eigenvalue weighted by atomic mass is 32.1. The number of hydrogen-bond donors (Lipinski definition) is 2. The van der Waals surface area contributed by atoms with Crippen LogP contribution in [0.25, 0.3) is 11.0 Å². The highest BCUT2D eigenvalue weighted by molar-refractivity contribution is 7.71. The summed E-state index contributed by atoms with van der Waals surface area (Å²) in [6.07, 6.45) is 2.72. The minimum atomic E-state index is -0.584. The highest BCUT2D eigenvalue weighted by Gasteiger charge is 2.16. The Hall–Kier alpha value is -2.01. The van der Waals surface area contributed by atoms with E-state index in [-0.39, 0.29) is 6.04 Å². The van der Waals surface area contributed by atoms with E-state index in [0.29, 0.717) is 0 Å². The molecule has 3 aromatic rings. The molecule has 0 saturated carbocycles. The molecule has 27 heavy (non-hydrogen) atoms. The maximum Gasteiger partial charge on any atom is 0.135 e. The molecule has 0 amide bonds. The molecule has 1 aromatic heterocycles. The standard InChI is InChI=1S/C23H27NO2S/c1-16-14-22(27)20-15-19(11-12-21(20)26-16)23(25)17(2)24-13-7-6-10-18-8-4-3-5-9-18/h3-5,8-9,11-12,14-15,17,23-25H,6-7,10,13H2,1-2H3. The van der Waals surface area contributed by atoms with Crippen LogP contribution in [0.4, 0.5) is 0 Å². The van der Waals surface area contributed by atoms with Crippen LogP contribution in [0, 0.1) is 11.4 Å². The molecule has 0 fully saturated rings. The van der Waals surface area contributed by atoms with Crippen LogP contribution < -0.4 is 5.32 Å². The predicted octanol–water partition coefficient (Wildman–Crippen LogP) is 5.51. The number of aliphatic hydroxyl groups is 1. The van der Waals surface area contributed by atoms with Crippen LogP contribution in [0.3, 0.4) is 0 Å². The molecule has 4 heteroatoms. The van der Waals surface area contributed by atoms with Gasteiger partial charge >= 0.3 is 0 Å². The molecule has 0 bridgehead atoms. The van der Waals surface area contributed by atoms with E-state index in [4.69, 9.17) is 16.6 Å². The van der Waals surface area contributed by atoms with Crippen molar-refractivity contribution in [2.24, 2.45) is 0 Å². The van der Waals surface area contributed by atoms with Crippen molar-refractivity contribution in [3.63, 3.8) is 0 Å². The Kier molecular flexibility index (Phi) is 6.78. The second kappa shape index (κ2) is 9.27. The smallest absolute Gasteiger partial charge is 0.135 e. The first-order chi connectivity index (χ1) is 13.0. The van der Waals surface area contributed by atoms with Crippen LogP contribution in [0.15, 0.2) is 59.0 Å². The lowest BCUT2D eigenvalue weighted by atomic mass is 10.0. The molecule has 2 atom stereocenters. The van der Waals surface area contributed by atoms with Crippen molar-refractivity contribution in [3.8, 4) is 0 Å². The Bertz CT molecular complexity index is 936. The van der Waals surface area contributed by atoms with E-state index >= 15 is 0 Å². The van der Waals surface area contributed by atoms with Crippen molar-refractivity contribution in [1.29, 1.82) is 0 Å². The van der Waals surface area contributed by atoms with Crippen molar-refractivity contribution >= 4 is 23.2 Å². The fraction of sp³-hybridized carbons (Fsp3) is 0.348. The van der Waals surface area contributed by atoms with Crippen molar-refractivity contribution in [3.05, 3.63) is 76.0 Å². The van der Waals surface area contributed by atoms with Crippen LogP contribution in [0.2, 0.25) is 0 Å². The van der Waals surface area contributed by atoms with Gasteiger partial charge in [-0.25, -0.2) is 0 Å². The molecular formula is C23H27NO2S. The SMILES string of the molecule is Cc1cc(=S)c2cc(C(O)C(C)NCCCCc3ccccc3)ccc2o1. The highest BCUT2D eigenvalue weighted by Crippen LogP contribution is 2.24. The average Bonchev–Trinajstić information content (AvgIpc) is 2.67. The number of benzene rings is 2. The molecule has 0 aliphatic carbocycles. The van der Waals surface area contributed by atoms with E-state index < -0.39 is 6.10 Å². The quantitative estimate of drug-likeness (QED) is 0.399. The van der Waals surface area contributed by atoms with Gasteiger partial charge in [-0.15, -0.1) is 0 Å². The van der Waals surface area contributed by atoms with Gasteiger partial charge in [0.05, 0.1) is 10.6 Å². The molecule has 2 N–H and O–H groups in total. The summed E-state index contributed by atoms with van der Waals surface area (Å²) in [5, 5.41) is 15.0. The van der Waals surface area contributed by atoms with Gasteiger partial charge in [0.25, 0.3) is 0 Å². The van der Waals surface area contributed by atoms with E-state index in [0.717, 1.165) is 52.6 Å². The molecule has 0 spiro atoms. The first kappa shape index (κ1) is 19.7. The lowest BCUT2D eigenvalue weighted by Gasteiger charge is -2.21. The molecule has 0 saturated heterocycles. The number of fused-ring (bicyclic) bond motifs is 1. The van der Waals surface area contributed by atoms with Crippen LogP contribution in [-0.2, 0) is 6.42 Å². The number of hydrogen-bond acceptors (Lipinski definition) is 4. The molecule has 0 aliphatic heterocycles. The first-order valence-corrected chi connectivity index (χ1v) is 9.95. The lowest BCUT2D eigenvalue weighted by molar-refractivity contribution is 0.136. The van der Waals surface area contributed by atoms with Crippen molar-refractivity contribution in [1.82, 2.24) is 5.32 Å². The summed E-state index contributed by atoms with van der Waals surface area (Å²) in [4.78, 5) is 0. The van der Waals surface area contributed by atoms with Gasteiger partial charge < -0.3 is 14.8 Å². The maximum absolute atomic E-state index is 10.7. The molecule has 142 valence electrons. The Morgan fingerprint density at radius 1 is 1.07 bits per heavy atom. The number of aryl methyl sites for hydroxylation is 2. The van der Waals surface area contributed by atoms with Gasteiger partial charge in [-0.3, -0.25) is 0 Å². The van der Waals surface area contributed by atoms with Crippen LogP contribution in [0.5, 0.6) is 0 Å². The summed E-state index contributed by atoms with van der Waals surface area (Å²) in [5.41, 5.74) is 3.00. The molecule has 2 aromatic carbocycles. The zero-order chi connectivity index (χ0) is 19.2. The maximum atomic E-state index is 10.7. The van der Waals surface area contributed by atoms with Gasteiger partial charge in [0.1, 0.15) is 11.3 Å². The third-order valence-electron chi connectivity index (χ3n) is 4.89. The number of unbranched alkanes of at least 4 members (excludes halogenated alkanes) is 1. The van der Waals surface area contributed by atoms with Gasteiger partial charge in [-0.1, -0.05) is 48.6 Å². The van der Waals surface area contributed by atoms with E-state index in [1.807, 2.05) is 44.2 Å². The fourth-order valence-corrected chi connectivity index (χ4v) is 3.63. The molecule has 0 radical (unpaired) electrons. The summed E-state index contributed by atoms with van der Waals surface area (Å²) in [6, 6.07) is 18.1. The second-order valence-electron chi connectivity index (χ2n) is 7.11. The summed E-state index contributed by atoms with van der Waals surface area (Å²) >= 11 is 5.44. The number of nitrogens with one attached hydrogen (secondary N) is 1. The Balaban J connectivity index is 1.53. The summed E-state index contributed by atoms with van der Waals surface area (Å²) < 4.78 is 6.46. The van der Waals surface area contributed by atoms with Crippen LogP contribution in [-0.4, -0.2) is 17.7 Å². The third kappa shape index (κ3) is 5.25. The molecule has 1 heterocycles. The molecule has 3 rings (SSSR count). The minimum absolute atomic E-state index is 0.0323. The third-order valence-corrected chi connectivity index (χ3v) is 5.23. The number of rotatable bonds is 8. The Labute approximate surface area is 166 Å². The molecule has 3 nitrogen and oxygen atoms in total. The van der Waals surface area contributed by atoms with Gasteiger partial charge in [-0.2, -0.15) is 0 Å². The molecule has 2 unspecified atom stereocenters. The van der Waals surface area contributed by atoms with E-state index in [1.165, 1.54) is 5.56 Å². The first-order valence-electron chi connectivity index (χ1n) is 9.54. The van der Waals surface area contributed by atoms with Crippen molar-refractivity contribution in [2.45, 2.75) is 45.3 Å². The summed E-state index contributed by atoms with van der Waals surface area (Å²) in [7, 11) is 0. The van der Waals surface area contributed by atoms with Crippen molar-refractivity contribution < 1.29 is 9.52 Å². The van der Waals surface area contributed by atoms with E-state index in [9.17, 15) is 5.11 Å². The molecular weight excluding hydrogens is 354 g/mol. The Morgan fingerprint density at radius 3 is 2.63 bits per heavy atom. The van der Waals surface area contributed by atoms with E-state index in [2.05, 4.69) is 29.6 Å². The zero-order valence-electron chi connectivity index (χ0n) is 15.9. The van der Waals surface area contributed by atoms with Gasteiger partial charge in [0, 0.05) is 11.4 Å². The largest absolute Gasteiger partial charge is 0.461 e. The summed E-state index contributed by atoms with van der Waals surface area (Å²) in [5.74, 6) is 0.798. The van der Waals surface area contributed by atoms with Crippen LogP contribution >= 0.6 is 12.2 Å². The number of aliphatic hydroxyl groups excluding tert-OH is 1. The monoisotopic (exact) mass is 381 g/mol. The zero-order valence-corrected chi connectivity index (χ0v) is 16.8. The lowest BCUT2D eigenvalue weighted by Crippen LogP contribution is -2.32.